The fraction of sp³-hybridized carbons (Fsp3) is 0.533. The van der Waals surface area contributed by atoms with E-state index in [0.29, 0.717) is 12.5 Å². The van der Waals surface area contributed by atoms with Gasteiger partial charge in [-0.25, -0.2) is 4.79 Å². The summed E-state index contributed by atoms with van der Waals surface area (Å²) in [5, 5.41) is 2.99. The van der Waals surface area contributed by atoms with E-state index in [-0.39, 0.29) is 18.4 Å². The fourth-order valence-corrected chi connectivity index (χ4v) is 2.44. The summed E-state index contributed by atoms with van der Waals surface area (Å²) in [6.07, 6.45) is 2.94. The minimum absolute atomic E-state index is 0. The van der Waals surface area contributed by atoms with Crippen LogP contribution in [-0.4, -0.2) is 37.1 Å². The van der Waals surface area contributed by atoms with Crippen LogP contribution < -0.4 is 11.1 Å². The fourth-order valence-electron chi connectivity index (χ4n) is 2.44. The Morgan fingerprint density at radius 1 is 1.25 bits per heavy atom. The van der Waals surface area contributed by atoms with Crippen LogP contribution in [0, 0.1) is 5.92 Å². The van der Waals surface area contributed by atoms with Gasteiger partial charge >= 0.3 is 6.03 Å². The number of halogens is 1. The third-order valence-electron chi connectivity index (χ3n) is 3.77. The number of benzene rings is 1. The first-order valence-electron chi connectivity index (χ1n) is 7.06. The molecule has 2 amide bonds. The Hall–Kier alpha value is -1.26. The van der Waals surface area contributed by atoms with Gasteiger partial charge in [-0.15, -0.1) is 12.4 Å². The van der Waals surface area contributed by atoms with E-state index in [1.165, 1.54) is 5.56 Å². The summed E-state index contributed by atoms with van der Waals surface area (Å²) in [6, 6.07) is 10.3. The van der Waals surface area contributed by atoms with Gasteiger partial charge in [-0.2, -0.15) is 0 Å². The molecule has 5 heteroatoms. The number of hydrogen-bond acceptors (Lipinski definition) is 2. The van der Waals surface area contributed by atoms with Crippen molar-refractivity contribution in [2.24, 2.45) is 11.7 Å². The van der Waals surface area contributed by atoms with Crippen LogP contribution in [0.2, 0.25) is 0 Å². The molecule has 112 valence electrons. The lowest BCUT2D eigenvalue weighted by Crippen LogP contribution is -2.45. The second kappa shape index (κ2) is 8.82. The standard InChI is InChI=1S/C15H23N3O.ClH/c16-12-14-7-10-18(11-8-14)15(19)17-9-6-13-4-2-1-3-5-13;/h1-5,14H,6-12,16H2,(H,17,19);1H. The summed E-state index contributed by atoms with van der Waals surface area (Å²) in [4.78, 5) is 13.9. The largest absolute Gasteiger partial charge is 0.338 e. The van der Waals surface area contributed by atoms with E-state index in [9.17, 15) is 4.79 Å². The van der Waals surface area contributed by atoms with Gasteiger partial charge in [0.25, 0.3) is 0 Å². The van der Waals surface area contributed by atoms with E-state index in [0.717, 1.165) is 38.9 Å². The normalized spacial score (nSPS) is 15.6. The average molecular weight is 298 g/mol. The third kappa shape index (κ3) is 5.02. The van der Waals surface area contributed by atoms with Gasteiger partial charge in [0, 0.05) is 19.6 Å². The molecule has 0 unspecified atom stereocenters. The molecule has 0 atom stereocenters. The third-order valence-corrected chi connectivity index (χ3v) is 3.77. The van der Waals surface area contributed by atoms with Crippen molar-refractivity contribution in [2.45, 2.75) is 19.3 Å². The van der Waals surface area contributed by atoms with Crippen LogP contribution in [0.4, 0.5) is 4.79 Å². The summed E-state index contributed by atoms with van der Waals surface area (Å²) in [5.74, 6) is 0.591. The lowest BCUT2D eigenvalue weighted by atomic mass is 9.97. The first-order chi connectivity index (χ1) is 9.29. The number of amides is 2. The monoisotopic (exact) mass is 297 g/mol. The van der Waals surface area contributed by atoms with Crippen LogP contribution >= 0.6 is 12.4 Å². The molecule has 0 aromatic heterocycles. The van der Waals surface area contributed by atoms with Gasteiger partial charge in [0.2, 0.25) is 0 Å². The molecule has 4 nitrogen and oxygen atoms in total. The number of nitrogens with two attached hydrogens (primary N) is 1. The van der Waals surface area contributed by atoms with Crippen LogP contribution in [0.1, 0.15) is 18.4 Å². The SMILES string of the molecule is Cl.NCC1CCN(C(=O)NCCc2ccccc2)CC1. The lowest BCUT2D eigenvalue weighted by molar-refractivity contribution is 0.172. The number of nitrogens with zero attached hydrogens (tertiary/aromatic N) is 1. The highest BCUT2D eigenvalue weighted by molar-refractivity contribution is 5.85. The summed E-state index contributed by atoms with van der Waals surface area (Å²) < 4.78 is 0. The number of hydrogen-bond donors (Lipinski definition) is 2. The number of rotatable bonds is 4. The number of piperidine rings is 1. The zero-order valence-electron chi connectivity index (χ0n) is 11.8. The minimum atomic E-state index is 0. The van der Waals surface area contributed by atoms with Crippen LogP contribution in [0.3, 0.4) is 0 Å². The summed E-state index contributed by atoms with van der Waals surface area (Å²) in [6.45, 7) is 3.10. The van der Waals surface area contributed by atoms with Gasteiger partial charge in [-0.1, -0.05) is 30.3 Å². The number of nitrogens with one attached hydrogen (secondary N) is 1. The van der Waals surface area contributed by atoms with E-state index in [2.05, 4.69) is 17.4 Å². The van der Waals surface area contributed by atoms with Gasteiger partial charge in [0.15, 0.2) is 0 Å². The highest BCUT2D eigenvalue weighted by Gasteiger charge is 2.21. The van der Waals surface area contributed by atoms with E-state index in [4.69, 9.17) is 5.73 Å². The van der Waals surface area contributed by atoms with Crippen molar-refractivity contribution in [3.8, 4) is 0 Å². The predicted molar refractivity (Wildman–Crippen MR) is 84.1 cm³/mol. The Balaban J connectivity index is 0.00000200. The molecular weight excluding hydrogens is 274 g/mol. The van der Waals surface area contributed by atoms with Gasteiger partial charge in [-0.3, -0.25) is 0 Å². The Morgan fingerprint density at radius 2 is 1.90 bits per heavy atom. The molecule has 1 aliphatic heterocycles. The molecule has 20 heavy (non-hydrogen) atoms. The van der Waals surface area contributed by atoms with E-state index in [1.54, 1.807) is 0 Å². The summed E-state index contributed by atoms with van der Waals surface area (Å²) in [5.41, 5.74) is 6.90. The van der Waals surface area contributed by atoms with E-state index >= 15 is 0 Å². The minimum Gasteiger partial charge on any atom is -0.338 e. The Kier molecular flexibility index (Phi) is 7.41. The molecule has 1 aromatic carbocycles. The van der Waals surface area contributed by atoms with Crippen molar-refractivity contribution >= 4 is 18.4 Å². The second-order valence-electron chi connectivity index (χ2n) is 5.13. The van der Waals surface area contributed by atoms with Crippen LogP contribution in [-0.2, 0) is 6.42 Å². The first-order valence-corrected chi connectivity index (χ1v) is 7.06. The maximum Gasteiger partial charge on any atom is 0.317 e. The maximum atomic E-state index is 12.0. The molecule has 1 aliphatic rings. The second-order valence-corrected chi connectivity index (χ2v) is 5.13. The molecule has 1 aromatic rings. The van der Waals surface area contributed by atoms with Gasteiger partial charge in [0.1, 0.15) is 0 Å². The lowest BCUT2D eigenvalue weighted by Gasteiger charge is -2.31. The van der Waals surface area contributed by atoms with Gasteiger partial charge in [0.05, 0.1) is 0 Å². The molecule has 3 N–H and O–H groups in total. The van der Waals surface area contributed by atoms with Crippen LogP contribution in [0.5, 0.6) is 0 Å². The topological polar surface area (TPSA) is 58.4 Å². The van der Waals surface area contributed by atoms with E-state index < -0.39 is 0 Å². The van der Waals surface area contributed by atoms with Crippen LogP contribution in [0.25, 0.3) is 0 Å². The quantitative estimate of drug-likeness (QED) is 0.893. The number of likely N-dealkylation sites (tertiary alicyclic amines) is 1. The van der Waals surface area contributed by atoms with Crippen molar-refractivity contribution in [1.29, 1.82) is 0 Å². The first kappa shape index (κ1) is 16.8. The summed E-state index contributed by atoms with van der Waals surface area (Å²) in [7, 11) is 0. The maximum absolute atomic E-state index is 12.0. The number of carbonyl (C=O) groups is 1. The predicted octanol–water partition coefficient (Wildman–Crippen LogP) is 2.03. The molecule has 1 saturated heterocycles. The van der Waals surface area contributed by atoms with Crippen molar-refractivity contribution in [3.05, 3.63) is 35.9 Å². The number of carbonyl (C=O) groups excluding carboxylic acids is 1. The molecule has 1 fully saturated rings. The van der Waals surface area contributed by atoms with Crippen molar-refractivity contribution in [2.75, 3.05) is 26.2 Å². The Morgan fingerprint density at radius 3 is 2.50 bits per heavy atom. The molecule has 0 bridgehead atoms. The molecule has 0 saturated carbocycles. The van der Waals surface area contributed by atoms with Crippen molar-refractivity contribution in [3.63, 3.8) is 0 Å². The molecule has 1 heterocycles. The smallest absolute Gasteiger partial charge is 0.317 e. The number of urea groups is 1. The van der Waals surface area contributed by atoms with Crippen molar-refractivity contribution in [1.82, 2.24) is 10.2 Å². The molecule has 2 rings (SSSR count). The highest BCUT2D eigenvalue weighted by Crippen LogP contribution is 2.15. The van der Waals surface area contributed by atoms with Crippen molar-refractivity contribution < 1.29 is 4.79 Å². The molecule has 0 radical (unpaired) electrons. The molecule has 0 spiro atoms. The van der Waals surface area contributed by atoms with Gasteiger partial charge < -0.3 is 16.0 Å². The Bertz CT molecular complexity index is 391. The van der Waals surface area contributed by atoms with Gasteiger partial charge in [-0.05, 0) is 37.3 Å². The highest BCUT2D eigenvalue weighted by atomic mass is 35.5. The zero-order valence-corrected chi connectivity index (χ0v) is 12.6. The molecule has 0 aliphatic carbocycles. The Labute approximate surface area is 127 Å². The average Bonchev–Trinajstić information content (AvgIpc) is 2.48. The zero-order chi connectivity index (χ0) is 13.5. The van der Waals surface area contributed by atoms with E-state index in [1.807, 2.05) is 23.1 Å². The van der Waals surface area contributed by atoms with Crippen LogP contribution in [0.15, 0.2) is 30.3 Å². The molecular formula is C15H24ClN3O. The summed E-state index contributed by atoms with van der Waals surface area (Å²) >= 11 is 0.